The normalized spacial score (nSPS) is 11.2. The Labute approximate surface area is 163 Å². The molecule has 0 spiro atoms. The lowest BCUT2D eigenvalue weighted by Crippen LogP contribution is -2.20. The number of aromatic nitrogens is 4. The molecule has 0 fully saturated rings. The van der Waals surface area contributed by atoms with Crippen molar-refractivity contribution in [2.24, 2.45) is 0 Å². The highest BCUT2D eigenvalue weighted by Crippen LogP contribution is 2.28. The van der Waals surface area contributed by atoms with Crippen molar-refractivity contribution in [1.82, 2.24) is 19.6 Å². The van der Waals surface area contributed by atoms with Gasteiger partial charge in [-0.3, -0.25) is 14.2 Å². The zero-order chi connectivity index (χ0) is 19.6. The average molecular weight is 414 g/mol. The Morgan fingerprint density at radius 3 is 2.52 bits per heavy atom. The molecule has 2 aromatic heterocycles. The van der Waals surface area contributed by atoms with Crippen molar-refractivity contribution >= 4 is 34.9 Å². The molecule has 1 aromatic carbocycles. The number of halogens is 4. The van der Waals surface area contributed by atoms with Gasteiger partial charge in [-0.25, -0.2) is 8.78 Å². The van der Waals surface area contributed by atoms with E-state index in [0.29, 0.717) is 23.1 Å². The van der Waals surface area contributed by atoms with Crippen LogP contribution in [0.4, 0.5) is 14.6 Å². The highest BCUT2D eigenvalue weighted by molar-refractivity contribution is 6.32. The topological polar surface area (TPSA) is 64.7 Å². The molecule has 1 N–H and O–H groups in total. The molecule has 3 rings (SSSR count). The fraction of sp³-hybridized carbons (Fsp3) is 0.235. The predicted molar refractivity (Wildman–Crippen MR) is 98.3 cm³/mol. The zero-order valence-electron chi connectivity index (χ0n) is 14.2. The molecule has 6 nitrogen and oxygen atoms in total. The standard InChI is InChI=1S/C17H15Cl2F2N5O/c1-10-15(19)16(17(20)21)24-26(10)9-14(27)22-13-6-7-25(23-13)8-11-2-4-12(18)5-3-11/h2-7,17H,8-9H2,1H3,(H,22,23,27). The van der Waals surface area contributed by atoms with E-state index in [2.05, 4.69) is 15.5 Å². The molecule has 0 saturated heterocycles. The summed E-state index contributed by atoms with van der Waals surface area (Å²) in [5, 5.41) is 11.1. The number of alkyl halides is 2. The molecule has 3 aromatic rings. The minimum Gasteiger partial charge on any atom is -0.308 e. The number of rotatable bonds is 6. The van der Waals surface area contributed by atoms with Gasteiger partial charge in [-0.2, -0.15) is 10.2 Å². The first-order chi connectivity index (χ1) is 12.8. The van der Waals surface area contributed by atoms with E-state index in [-0.39, 0.29) is 11.6 Å². The van der Waals surface area contributed by atoms with Gasteiger partial charge in [0.2, 0.25) is 5.91 Å². The van der Waals surface area contributed by atoms with Gasteiger partial charge in [-0.05, 0) is 24.6 Å². The number of hydrogen-bond donors (Lipinski definition) is 1. The molecular weight excluding hydrogens is 399 g/mol. The highest BCUT2D eigenvalue weighted by Gasteiger charge is 2.21. The van der Waals surface area contributed by atoms with Gasteiger partial charge in [-0.15, -0.1) is 0 Å². The molecule has 0 radical (unpaired) electrons. The maximum Gasteiger partial charge on any atom is 0.283 e. The summed E-state index contributed by atoms with van der Waals surface area (Å²) in [6.07, 6.45) is -1.08. The van der Waals surface area contributed by atoms with E-state index in [0.717, 1.165) is 10.2 Å². The second kappa shape index (κ2) is 8.06. The van der Waals surface area contributed by atoms with E-state index in [4.69, 9.17) is 23.2 Å². The van der Waals surface area contributed by atoms with E-state index in [1.165, 1.54) is 6.92 Å². The minimum absolute atomic E-state index is 0.134. The lowest BCUT2D eigenvalue weighted by atomic mass is 10.2. The lowest BCUT2D eigenvalue weighted by Gasteiger charge is -2.05. The Balaban J connectivity index is 1.63. The van der Waals surface area contributed by atoms with E-state index in [9.17, 15) is 13.6 Å². The number of carbonyl (C=O) groups excluding carboxylic acids is 1. The highest BCUT2D eigenvalue weighted by atomic mass is 35.5. The molecule has 10 heteroatoms. The SMILES string of the molecule is Cc1c(Cl)c(C(F)F)nn1CC(=O)Nc1ccn(Cc2ccc(Cl)cc2)n1. The summed E-state index contributed by atoms with van der Waals surface area (Å²) in [5.41, 5.74) is 0.770. The zero-order valence-corrected chi connectivity index (χ0v) is 15.7. The van der Waals surface area contributed by atoms with Crippen LogP contribution in [0.1, 0.15) is 23.4 Å². The number of carbonyl (C=O) groups is 1. The average Bonchev–Trinajstić information content (AvgIpc) is 3.16. The first-order valence-electron chi connectivity index (χ1n) is 7.92. The molecule has 0 saturated carbocycles. The van der Waals surface area contributed by atoms with Gasteiger partial charge in [0.1, 0.15) is 12.2 Å². The van der Waals surface area contributed by atoms with Gasteiger partial charge < -0.3 is 5.32 Å². The van der Waals surface area contributed by atoms with Crippen LogP contribution in [0.5, 0.6) is 0 Å². The Hall–Kier alpha value is -2.45. The third kappa shape index (κ3) is 4.64. The second-order valence-electron chi connectivity index (χ2n) is 5.82. The number of nitrogens with one attached hydrogen (secondary N) is 1. The molecule has 0 unspecified atom stereocenters. The van der Waals surface area contributed by atoms with Crippen molar-refractivity contribution in [3.8, 4) is 0 Å². The van der Waals surface area contributed by atoms with E-state index < -0.39 is 18.0 Å². The van der Waals surface area contributed by atoms with Crippen molar-refractivity contribution in [2.75, 3.05) is 5.32 Å². The van der Waals surface area contributed by atoms with Crippen LogP contribution in [0.15, 0.2) is 36.5 Å². The molecule has 0 aliphatic heterocycles. The van der Waals surface area contributed by atoms with E-state index in [1.807, 2.05) is 12.1 Å². The fourth-order valence-electron chi connectivity index (χ4n) is 2.45. The largest absolute Gasteiger partial charge is 0.308 e. The first kappa shape index (κ1) is 19.3. The number of benzene rings is 1. The maximum atomic E-state index is 12.8. The van der Waals surface area contributed by atoms with Crippen LogP contribution in [0.25, 0.3) is 0 Å². The smallest absolute Gasteiger partial charge is 0.283 e. The summed E-state index contributed by atoms with van der Waals surface area (Å²) in [7, 11) is 0. The van der Waals surface area contributed by atoms with Crippen LogP contribution < -0.4 is 5.32 Å². The van der Waals surface area contributed by atoms with Crippen LogP contribution in [-0.4, -0.2) is 25.5 Å². The van der Waals surface area contributed by atoms with Crippen molar-refractivity contribution in [1.29, 1.82) is 0 Å². The summed E-state index contributed by atoms with van der Waals surface area (Å²) in [6.45, 7) is 1.79. The fourth-order valence-corrected chi connectivity index (χ4v) is 2.80. The quantitative estimate of drug-likeness (QED) is 0.654. The van der Waals surface area contributed by atoms with Gasteiger partial charge in [-0.1, -0.05) is 35.3 Å². The molecule has 2 heterocycles. The lowest BCUT2D eigenvalue weighted by molar-refractivity contribution is -0.117. The number of anilines is 1. The summed E-state index contributed by atoms with van der Waals surface area (Å²) >= 11 is 11.7. The Kier molecular flexibility index (Phi) is 5.76. The van der Waals surface area contributed by atoms with Gasteiger partial charge in [0.25, 0.3) is 6.43 Å². The molecule has 142 valence electrons. The van der Waals surface area contributed by atoms with Crippen LogP contribution in [0.3, 0.4) is 0 Å². The monoisotopic (exact) mass is 413 g/mol. The summed E-state index contributed by atoms with van der Waals surface area (Å²) < 4.78 is 28.5. The number of hydrogen-bond acceptors (Lipinski definition) is 3. The molecule has 1 amide bonds. The number of amides is 1. The molecular formula is C17H15Cl2F2N5O. The van der Waals surface area contributed by atoms with Crippen LogP contribution in [-0.2, 0) is 17.9 Å². The van der Waals surface area contributed by atoms with E-state index >= 15 is 0 Å². The van der Waals surface area contributed by atoms with Gasteiger partial charge in [0, 0.05) is 17.3 Å². The maximum absolute atomic E-state index is 12.8. The second-order valence-corrected chi connectivity index (χ2v) is 6.63. The summed E-state index contributed by atoms with van der Waals surface area (Å²) in [4.78, 5) is 12.2. The van der Waals surface area contributed by atoms with Gasteiger partial charge >= 0.3 is 0 Å². The van der Waals surface area contributed by atoms with Crippen LogP contribution in [0, 0.1) is 6.92 Å². The summed E-state index contributed by atoms with van der Waals surface area (Å²) in [5.74, 6) is -0.103. The molecule has 0 atom stereocenters. The Morgan fingerprint density at radius 1 is 1.19 bits per heavy atom. The van der Waals surface area contributed by atoms with Crippen LogP contribution >= 0.6 is 23.2 Å². The Bertz CT molecular complexity index is 953. The van der Waals surface area contributed by atoms with Gasteiger partial charge in [0.05, 0.1) is 17.3 Å². The molecule has 0 aliphatic rings. The molecule has 27 heavy (non-hydrogen) atoms. The summed E-state index contributed by atoms with van der Waals surface area (Å²) in [6, 6.07) is 8.98. The van der Waals surface area contributed by atoms with Crippen molar-refractivity contribution in [2.45, 2.75) is 26.4 Å². The number of nitrogens with zero attached hydrogens (tertiary/aromatic N) is 4. The molecule has 0 aliphatic carbocycles. The third-order valence-electron chi connectivity index (χ3n) is 3.82. The third-order valence-corrected chi connectivity index (χ3v) is 4.54. The molecule has 0 bridgehead atoms. The first-order valence-corrected chi connectivity index (χ1v) is 8.68. The van der Waals surface area contributed by atoms with Crippen LogP contribution in [0.2, 0.25) is 10.0 Å². The Morgan fingerprint density at radius 2 is 1.89 bits per heavy atom. The minimum atomic E-state index is -2.80. The van der Waals surface area contributed by atoms with Gasteiger partial charge in [0.15, 0.2) is 5.82 Å². The predicted octanol–water partition coefficient (Wildman–Crippen LogP) is 4.32. The van der Waals surface area contributed by atoms with Crippen molar-refractivity contribution in [3.63, 3.8) is 0 Å². The van der Waals surface area contributed by atoms with Crippen molar-refractivity contribution < 1.29 is 13.6 Å². The van der Waals surface area contributed by atoms with E-state index in [1.54, 1.807) is 29.1 Å². The van der Waals surface area contributed by atoms with Crippen molar-refractivity contribution in [3.05, 3.63) is 63.5 Å².